The van der Waals surface area contributed by atoms with Crippen LogP contribution in [0.1, 0.15) is 161 Å². The van der Waals surface area contributed by atoms with Crippen LogP contribution in [0.3, 0.4) is 0 Å². The number of fused-ring (bicyclic) bond motifs is 5. The van der Waals surface area contributed by atoms with Crippen molar-refractivity contribution in [3.8, 4) is 11.4 Å². The number of nitrogens with one attached hydrogen (secondary N) is 5. The maximum Gasteiger partial charge on any atom is 0.343 e. The van der Waals surface area contributed by atoms with E-state index in [9.17, 15) is 57.8 Å². The lowest BCUT2D eigenvalue weighted by Crippen LogP contribution is -2.57. The number of benzene rings is 1. The maximum atomic E-state index is 14.3. The van der Waals surface area contributed by atoms with E-state index in [2.05, 4.69) is 26.6 Å². The fraction of sp³-hybridized carbons (Fsp3) is 0.587. The highest BCUT2D eigenvalue weighted by Crippen LogP contribution is 2.43. The van der Waals surface area contributed by atoms with Crippen molar-refractivity contribution in [1.29, 1.82) is 0 Å². The molecular formula is C63H84N8O17. The van der Waals surface area contributed by atoms with Crippen LogP contribution in [0.2, 0.25) is 0 Å². The summed E-state index contributed by atoms with van der Waals surface area (Å²) in [6.07, 6.45) is 4.82. The lowest BCUT2D eigenvalue weighted by atomic mass is 9.85. The average Bonchev–Trinajstić information content (AvgIpc) is 1.47. The molecular weight excluding hydrogens is 1140 g/mol. The van der Waals surface area contributed by atoms with Crippen molar-refractivity contribution in [2.45, 2.75) is 200 Å². The molecule has 25 heteroatoms. The number of aryl methyl sites for hydroxylation is 2. The number of cyclic esters (lactones) is 1. The molecule has 2 aromatic heterocycles. The van der Waals surface area contributed by atoms with Gasteiger partial charge in [0.15, 0.2) is 5.60 Å². The summed E-state index contributed by atoms with van der Waals surface area (Å²) in [5, 5.41) is 26.2. The molecule has 0 bridgehead atoms. The molecule has 0 radical (unpaired) electrons. The summed E-state index contributed by atoms with van der Waals surface area (Å²) in [4.78, 5) is 151. The Morgan fingerprint density at radius 3 is 1.97 bits per heavy atom. The number of hydrogen-bond donors (Lipinski definition) is 6. The molecule has 6 N–H and O–H groups in total. The van der Waals surface area contributed by atoms with Gasteiger partial charge in [-0.3, -0.25) is 52.8 Å². The lowest BCUT2D eigenvalue weighted by molar-refractivity contribution is -0.172. The van der Waals surface area contributed by atoms with Crippen molar-refractivity contribution >= 4 is 75.8 Å². The number of carbonyl (C=O) groups excluding carboxylic acids is 10. The van der Waals surface area contributed by atoms with E-state index >= 15 is 0 Å². The molecule has 1 aliphatic carbocycles. The Labute approximate surface area is 511 Å². The molecule has 0 saturated carbocycles. The van der Waals surface area contributed by atoms with Crippen LogP contribution < -0.4 is 32.1 Å². The first-order chi connectivity index (χ1) is 41.5. The van der Waals surface area contributed by atoms with Crippen LogP contribution in [0.5, 0.6) is 0 Å². The van der Waals surface area contributed by atoms with Gasteiger partial charge in [-0.2, -0.15) is 0 Å². The minimum absolute atomic E-state index is 0.00743. The van der Waals surface area contributed by atoms with Gasteiger partial charge >= 0.3 is 17.9 Å². The van der Waals surface area contributed by atoms with E-state index in [1.165, 1.54) is 19.1 Å². The van der Waals surface area contributed by atoms with E-state index in [0.29, 0.717) is 61.1 Å². The molecule has 88 heavy (non-hydrogen) atoms. The fourth-order valence-electron chi connectivity index (χ4n) is 11.0. The smallest absolute Gasteiger partial charge is 0.343 e. The summed E-state index contributed by atoms with van der Waals surface area (Å²) in [5.41, 5.74) is 1.47. The van der Waals surface area contributed by atoms with E-state index in [1.54, 1.807) is 85.1 Å². The number of pyridine rings is 2. The van der Waals surface area contributed by atoms with Crippen molar-refractivity contribution in [2.24, 2.45) is 5.92 Å². The number of aromatic nitrogens is 2. The highest BCUT2D eigenvalue weighted by Gasteiger charge is 2.46. The Kier molecular flexibility index (Phi) is 22.2. The molecule has 0 saturated heterocycles. The van der Waals surface area contributed by atoms with E-state index < -0.39 is 106 Å². The van der Waals surface area contributed by atoms with Gasteiger partial charge in [-0.05, 0) is 129 Å². The largest absolute Gasteiger partial charge is 0.460 e. The van der Waals surface area contributed by atoms with E-state index in [4.69, 9.17) is 28.7 Å². The second-order valence-corrected chi connectivity index (χ2v) is 25.0. The normalized spacial score (nSPS) is 17.0. The number of ether oxygens (including phenoxy) is 5. The Morgan fingerprint density at radius 2 is 1.35 bits per heavy atom. The number of aliphatic hydroxyl groups is 1. The van der Waals surface area contributed by atoms with Gasteiger partial charge in [-0.15, -0.1) is 0 Å². The van der Waals surface area contributed by atoms with E-state index in [0.717, 1.165) is 27.0 Å². The highest BCUT2D eigenvalue weighted by atomic mass is 16.6. The standard InChI is InChI=1S/C63H84N8O17/c1-11-63(83)42-30-46-55-40(31-71(46)59(81)41(42)34-86-60(63)82)38-16-15-17-39-43(19-20-44(67-55)53(38)39)68-56(78)36(4)64-58(80)54(35(2)3)69-57(79)45(66-47(72)18-13-12-14-27-70-49(74)23-24-50(70)75)21-22-48(73)65-37(32-84-28-25-51(76)87-61(5,6)7)33-85-29-26-52(77)88-62(8,9)10/h19-20,23-24,30,35-37,45,54,83H,11-18,21-22,25-29,31-34H2,1-10H3,(H,64,80)(H,65,73)(H,66,72)(H,68,78)(H,69,79)/t36-,45-,54-,63-/m0/s1. The van der Waals surface area contributed by atoms with Crippen LogP contribution in [-0.2, 0) is 103 Å². The molecule has 0 spiro atoms. The molecule has 0 fully saturated rings. The van der Waals surface area contributed by atoms with Crippen LogP contribution in [0.15, 0.2) is 35.1 Å². The summed E-state index contributed by atoms with van der Waals surface area (Å²) < 4.78 is 29.0. The zero-order valence-corrected chi connectivity index (χ0v) is 52.0. The molecule has 3 aliphatic heterocycles. The molecule has 5 heterocycles. The second-order valence-electron chi connectivity index (χ2n) is 25.0. The second kappa shape index (κ2) is 28.9. The molecule has 7 rings (SSSR count). The van der Waals surface area contributed by atoms with Crippen LogP contribution in [0, 0.1) is 5.92 Å². The number of anilines is 1. The van der Waals surface area contributed by atoms with Gasteiger partial charge in [0.2, 0.25) is 29.5 Å². The summed E-state index contributed by atoms with van der Waals surface area (Å²) in [6, 6.07) is 0.663. The number of nitrogens with zero attached hydrogens (tertiary/aromatic N) is 3. The first kappa shape index (κ1) is 67.6. The van der Waals surface area contributed by atoms with Crippen LogP contribution in [0.4, 0.5) is 5.69 Å². The Balaban J connectivity index is 1.01. The van der Waals surface area contributed by atoms with Crippen molar-refractivity contribution in [2.75, 3.05) is 38.3 Å². The van der Waals surface area contributed by atoms with Crippen molar-refractivity contribution in [3.05, 3.63) is 68.5 Å². The predicted octanol–water partition coefficient (Wildman–Crippen LogP) is 3.88. The molecule has 7 amide bonds. The number of unbranched alkanes of at least 4 members (excludes halogenated alkanes) is 2. The number of hydrogen-bond acceptors (Lipinski definition) is 18. The van der Waals surface area contributed by atoms with Gasteiger partial charge < -0.3 is 59.9 Å². The zero-order valence-electron chi connectivity index (χ0n) is 52.0. The number of amides is 7. The van der Waals surface area contributed by atoms with Crippen LogP contribution >= 0.6 is 0 Å². The lowest BCUT2D eigenvalue weighted by Gasteiger charge is -2.31. The third kappa shape index (κ3) is 17.0. The minimum atomic E-state index is -1.98. The predicted molar refractivity (Wildman–Crippen MR) is 320 cm³/mol. The Hall–Kier alpha value is -7.90. The highest BCUT2D eigenvalue weighted by molar-refractivity contribution is 6.13. The van der Waals surface area contributed by atoms with Gasteiger partial charge in [-0.25, -0.2) is 9.78 Å². The maximum absolute atomic E-state index is 14.3. The third-order valence-corrected chi connectivity index (χ3v) is 15.4. The van der Waals surface area contributed by atoms with Gasteiger partial charge in [0.05, 0.1) is 74.3 Å². The number of imide groups is 1. The summed E-state index contributed by atoms with van der Waals surface area (Å²) in [5.74, 6) is -6.32. The van der Waals surface area contributed by atoms with Crippen molar-refractivity contribution in [1.82, 2.24) is 35.7 Å². The molecule has 4 aliphatic rings. The molecule has 25 nitrogen and oxygen atoms in total. The zero-order chi connectivity index (χ0) is 64.4. The van der Waals surface area contributed by atoms with Gasteiger partial charge in [-0.1, -0.05) is 27.2 Å². The Bertz CT molecular complexity index is 3250. The third-order valence-electron chi connectivity index (χ3n) is 15.4. The molecule has 4 atom stereocenters. The first-order valence-corrected chi connectivity index (χ1v) is 30.3. The first-order valence-electron chi connectivity index (χ1n) is 30.3. The fourth-order valence-corrected chi connectivity index (χ4v) is 11.0. The van der Waals surface area contributed by atoms with E-state index in [-0.39, 0.29) is 101 Å². The van der Waals surface area contributed by atoms with Crippen LogP contribution in [-0.4, -0.2) is 147 Å². The Morgan fingerprint density at radius 1 is 0.727 bits per heavy atom. The quantitative estimate of drug-likeness (QED) is 0.0194. The van der Waals surface area contributed by atoms with Gasteiger partial charge in [0.25, 0.3) is 17.4 Å². The van der Waals surface area contributed by atoms with E-state index in [1.807, 2.05) is 0 Å². The molecule has 478 valence electrons. The SMILES string of the molecule is CC[C@@]1(O)C(=O)OCc2c1cc1n(c2=O)Cc2c-1nc1ccc(NC(=O)[C@H](C)NC(=O)[C@@H](NC(=O)[C@H](CCC(=O)NC(COCCC(=O)OC(C)(C)C)COCCC(=O)OC(C)(C)C)NC(=O)CCCCCN3C(=O)C=CC3=O)C(C)C)c3c1c2CCC3. The average molecular weight is 1230 g/mol. The minimum Gasteiger partial charge on any atom is -0.460 e. The molecule has 3 aromatic rings. The van der Waals surface area contributed by atoms with Crippen molar-refractivity contribution < 1.29 is 76.7 Å². The summed E-state index contributed by atoms with van der Waals surface area (Å²) in [6.45, 7) is 16.8. The van der Waals surface area contributed by atoms with Gasteiger partial charge in [0, 0.05) is 53.7 Å². The summed E-state index contributed by atoms with van der Waals surface area (Å²) in [7, 11) is 0. The topological polar surface area (TPSA) is 335 Å². The summed E-state index contributed by atoms with van der Waals surface area (Å²) >= 11 is 0. The molecule has 0 unspecified atom stereocenters. The van der Waals surface area contributed by atoms with Crippen LogP contribution in [0.25, 0.3) is 22.3 Å². The molecule has 1 aromatic carbocycles. The number of rotatable bonds is 29. The number of esters is 3. The van der Waals surface area contributed by atoms with Gasteiger partial charge in [0.1, 0.15) is 35.9 Å². The number of carbonyl (C=O) groups is 10. The monoisotopic (exact) mass is 1220 g/mol. The van der Waals surface area contributed by atoms with Crippen molar-refractivity contribution in [3.63, 3.8) is 0 Å².